The highest BCUT2D eigenvalue weighted by Crippen LogP contribution is 2.34. The molecule has 0 aromatic carbocycles. The van der Waals surface area contributed by atoms with Crippen LogP contribution in [0.2, 0.25) is 0 Å². The van der Waals surface area contributed by atoms with Gasteiger partial charge in [0.05, 0.1) is 5.69 Å². The van der Waals surface area contributed by atoms with Gasteiger partial charge in [0.15, 0.2) is 5.13 Å². The molecule has 1 saturated heterocycles. The van der Waals surface area contributed by atoms with Crippen molar-refractivity contribution in [1.29, 1.82) is 0 Å². The third-order valence-corrected chi connectivity index (χ3v) is 4.83. The van der Waals surface area contributed by atoms with E-state index in [4.69, 9.17) is 5.73 Å². The summed E-state index contributed by atoms with van der Waals surface area (Å²) in [6.07, 6.45) is 5.27. The molecule has 2 aliphatic rings. The number of nitrogens with two attached hydrogens (primary N) is 1. The zero-order valence-corrected chi connectivity index (χ0v) is 11.1. The van der Waals surface area contributed by atoms with Crippen molar-refractivity contribution < 1.29 is 4.79 Å². The zero-order valence-electron chi connectivity index (χ0n) is 10.3. The van der Waals surface area contributed by atoms with Crippen molar-refractivity contribution in [3.8, 4) is 0 Å². The molecular weight excluding hydrogens is 246 g/mol. The van der Waals surface area contributed by atoms with Gasteiger partial charge in [0.2, 0.25) is 5.91 Å². The highest BCUT2D eigenvalue weighted by molar-refractivity contribution is 7.16. The Morgan fingerprint density at radius 2 is 2.33 bits per heavy atom. The molecule has 1 aliphatic carbocycles. The van der Waals surface area contributed by atoms with E-state index < -0.39 is 0 Å². The second-order valence-electron chi connectivity index (χ2n) is 5.07. The molecule has 1 amide bonds. The lowest BCUT2D eigenvalue weighted by atomic mass is 9.99. The average molecular weight is 263 g/mol. The summed E-state index contributed by atoms with van der Waals surface area (Å²) in [5.74, 6) is 0.427. The first kappa shape index (κ1) is 11.9. The Morgan fingerprint density at radius 3 is 3.06 bits per heavy atom. The van der Waals surface area contributed by atoms with E-state index in [1.54, 1.807) is 16.2 Å². The number of hydrogen-bond acceptors (Lipinski definition) is 4. The van der Waals surface area contributed by atoms with Crippen LogP contribution in [0.15, 0.2) is 12.7 Å². The Hall–Kier alpha value is -1.20. The third kappa shape index (κ3) is 1.97. The number of carbonyl (C=O) groups is 1. The highest BCUT2D eigenvalue weighted by Gasteiger charge is 2.32. The van der Waals surface area contributed by atoms with Crippen molar-refractivity contribution in [2.75, 3.05) is 11.4 Å². The van der Waals surface area contributed by atoms with Crippen LogP contribution in [-0.2, 0) is 17.6 Å². The smallest absolute Gasteiger partial charge is 0.229 e. The van der Waals surface area contributed by atoms with Crippen molar-refractivity contribution in [3.05, 3.63) is 23.2 Å². The Balaban J connectivity index is 1.85. The van der Waals surface area contributed by atoms with E-state index in [-0.39, 0.29) is 17.9 Å². The van der Waals surface area contributed by atoms with Gasteiger partial charge in [0, 0.05) is 29.8 Å². The Bertz CT molecular complexity index is 496. The van der Waals surface area contributed by atoms with E-state index in [2.05, 4.69) is 11.6 Å². The lowest BCUT2D eigenvalue weighted by Gasteiger charge is -2.15. The summed E-state index contributed by atoms with van der Waals surface area (Å²) in [4.78, 5) is 19.6. The number of rotatable bonds is 2. The normalized spacial score (nSPS) is 27.4. The quantitative estimate of drug-likeness (QED) is 0.823. The summed E-state index contributed by atoms with van der Waals surface area (Å²) < 4.78 is 0. The first-order valence-electron chi connectivity index (χ1n) is 6.34. The van der Waals surface area contributed by atoms with Crippen LogP contribution >= 0.6 is 11.3 Å². The van der Waals surface area contributed by atoms with Gasteiger partial charge in [-0.05, 0) is 19.3 Å². The molecule has 2 atom stereocenters. The third-order valence-electron chi connectivity index (χ3n) is 3.69. The van der Waals surface area contributed by atoms with Crippen LogP contribution in [0.5, 0.6) is 0 Å². The largest absolute Gasteiger partial charge is 0.327 e. The summed E-state index contributed by atoms with van der Waals surface area (Å²) in [7, 11) is 0. The van der Waals surface area contributed by atoms with Gasteiger partial charge in [-0.2, -0.15) is 0 Å². The summed E-state index contributed by atoms with van der Waals surface area (Å²) in [6, 6.07) is 0.251. The molecule has 0 spiro atoms. The van der Waals surface area contributed by atoms with Gasteiger partial charge < -0.3 is 5.73 Å². The predicted molar refractivity (Wildman–Crippen MR) is 72.8 cm³/mol. The number of anilines is 1. The topological polar surface area (TPSA) is 59.2 Å². The van der Waals surface area contributed by atoms with E-state index in [9.17, 15) is 4.79 Å². The number of carbonyl (C=O) groups excluding carboxylic acids is 1. The molecule has 0 radical (unpaired) electrons. The molecule has 2 N–H and O–H groups in total. The summed E-state index contributed by atoms with van der Waals surface area (Å²) in [6.45, 7) is 4.49. The van der Waals surface area contributed by atoms with Gasteiger partial charge in [0.1, 0.15) is 0 Å². The standard InChI is InChI=1S/C13H17N3OS/c1-2-8-5-12(17)16(7-8)13-15-10-4-3-9(14)6-11(10)18-13/h2,8-9H,1,3-7,14H2/t8?,9-/m0/s1. The van der Waals surface area contributed by atoms with Crippen molar-refractivity contribution in [3.63, 3.8) is 0 Å². The molecule has 1 unspecified atom stereocenters. The maximum Gasteiger partial charge on any atom is 0.229 e. The minimum absolute atomic E-state index is 0.162. The molecule has 3 rings (SSSR count). The lowest BCUT2D eigenvalue weighted by Crippen LogP contribution is -2.27. The van der Waals surface area contributed by atoms with Crippen molar-refractivity contribution >= 4 is 22.4 Å². The highest BCUT2D eigenvalue weighted by atomic mass is 32.1. The number of fused-ring (bicyclic) bond motifs is 1. The van der Waals surface area contributed by atoms with Crippen LogP contribution < -0.4 is 10.6 Å². The lowest BCUT2D eigenvalue weighted by molar-refractivity contribution is -0.117. The maximum absolute atomic E-state index is 11.9. The molecule has 96 valence electrons. The van der Waals surface area contributed by atoms with Gasteiger partial charge in [-0.3, -0.25) is 9.69 Å². The molecule has 1 aromatic rings. The van der Waals surface area contributed by atoms with Gasteiger partial charge in [-0.1, -0.05) is 6.08 Å². The minimum atomic E-state index is 0.162. The molecular formula is C13H17N3OS. The van der Waals surface area contributed by atoms with Gasteiger partial charge in [0.25, 0.3) is 0 Å². The number of aryl methyl sites for hydroxylation is 1. The fourth-order valence-corrected chi connectivity index (χ4v) is 3.81. The number of hydrogen-bond donors (Lipinski definition) is 1. The van der Waals surface area contributed by atoms with Crippen LogP contribution in [0, 0.1) is 5.92 Å². The maximum atomic E-state index is 11.9. The molecule has 0 saturated carbocycles. The molecule has 18 heavy (non-hydrogen) atoms. The predicted octanol–water partition coefficient (Wildman–Crippen LogP) is 1.50. The van der Waals surface area contributed by atoms with Crippen LogP contribution in [-0.4, -0.2) is 23.5 Å². The van der Waals surface area contributed by atoms with Gasteiger partial charge in [-0.25, -0.2) is 4.98 Å². The molecule has 5 heteroatoms. The molecule has 1 aliphatic heterocycles. The van der Waals surface area contributed by atoms with Crippen molar-refractivity contribution in [2.24, 2.45) is 11.7 Å². The Kier molecular flexibility index (Phi) is 2.95. The van der Waals surface area contributed by atoms with E-state index in [1.807, 2.05) is 6.08 Å². The monoisotopic (exact) mass is 263 g/mol. The molecule has 1 aromatic heterocycles. The van der Waals surface area contributed by atoms with Crippen LogP contribution in [0.1, 0.15) is 23.4 Å². The fourth-order valence-electron chi connectivity index (χ4n) is 2.58. The van der Waals surface area contributed by atoms with E-state index in [1.165, 1.54) is 4.88 Å². The molecule has 0 bridgehead atoms. The van der Waals surface area contributed by atoms with Crippen LogP contribution in [0.25, 0.3) is 0 Å². The Labute approximate surface area is 111 Å². The number of thiazole rings is 1. The number of aromatic nitrogens is 1. The summed E-state index contributed by atoms with van der Waals surface area (Å²) in [5, 5.41) is 0.850. The van der Waals surface area contributed by atoms with Crippen molar-refractivity contribution in [1.82, 2.24) is 4.98 Å². The Morgan fingerprint density at radius 1 is 1.50 bits per heavy atom. The van der Waals surface area contributed by atoms with E-state index in [0.29, 0.717) is 6.42 Å². The van der Waals surface area contributed by atoms with Gasteiger partial charge >= 0.3 is 0 Å². The second kappa shape index (κ2) is 4.48. The molecule has 2 heterocycles. The van der Waals surface area contributed by atoms with Gasteiger partial charge in [-0.15, -0.1) is 17.9 Å². The number of amides is 1. The van der Waals surface area contributed by atoms with Crippen molar-refractivity contribution in [2.45, 2.75) is 31.7 Å². The van der Waals surface area contributed by atoms with E-state index >= 15 is 0 Å². The molecule has 4 nitrogen and oxygen atoms in total. The van der Waals surface area contributed by atoms with Crippen LogP contribution in [0.3, 0.4) is 0 Å². The summed E-state index contributed by atoms with van der Waals surface area (Å²) >= 11 is 1.63. The first-order valence-corrected chi connectivity index (χ1v) is 7.16. The first-order chi connectivity index (χ1) is 8.67. The number of nitrogens with zero attached hydrogens (tertiary/aromatic N) is 2. The fraction of sp³-hybridized carbons (Fsp3) is 0.538. The average Bonchev–Trinajstić information content (AvgIpc) is 2.91. The second-order valence-corrected chi connectivity index (χ2v) is 6.14. The minimum Gasteiger partial charge on any atom is -0.327 e. The zero-order chi connectivity index (χ0) is 12.7. The summed E-state index contributed by atoms with van der Waals surface area (Å²) in [5.41, 5.74) is 7.11. The molecule has 1 fully saturated rings. The SMILES string of the molecule is C=CC1CC(=O)N(c2nc3c(s2)C[C@@H](N)CC3)C1. The van der Waals surface area contributed by atoms with Crippen LogP contribution in [0.4, 0.5) is 5.13 Å². The van der Waals surface area contributed by atoms with E-state index in [0.717, 1.165) is 36.6 Å².